The Morgan fingerprint density at radius 3 is 1.74 bits per heavy atom. The topological polar surface area (TPSA) is 30.7 Å². The van der Waals surface area contributed by atoms with Gasteiger partial charge in [-0.2, -0.15) is 0 Å². The highest BCUT2D eigenvalue weighted by molar-refractivity contribution is 7.80. The van der Waals surface area contributed by atoms with E-state index < -0.39 is 0 Å². The standard InChI is InChI=1S/C54H47N3S/c1-53(2,3)42-33-46(51(58)47(34-42)54(4,5)6)48-26-25-45-44-19-13-14-20-50(44)57(52(45)56-48)43-30-40(36-17-11-8-12-18-36)29-41(31-43)49-32-39(27-28-55-49)38-23-21-37(22-24-38)35-15-9-7-10-16-35/h7-34,58H,1-6H3. The van der Waals surface area contributed by atoms with Crippen LogP contribution in [0.1, 0.15) is 52.7 Å². The Labute approximate surface area is 347 Å². The summed E-state index contributed by atoms with van der Waals surface area (Å²) in [5.74, 6) is 0. The fraction of sp³-hybridized carbons (Fsp3) is 0.148. The van der Waals surface area contributed by atoms with Gasteiger partial charge in [0.05, 0.1) is 16.9 Å². The molecule has 0 saturated carbocycles. The second-order valence-electron chi connectivity index (χ2n) is 17.3. The number of thiol groups is 1. The van der Waals surface area contributed by atoms with E-state index in [0.717, 1.165) is 77.3 Å². The van der Waals surface area contributed by atoms with Gasteiger partial charge in [-0.3, -0.25) is 9.55 Å². The monoisotopic (exact) mass is 769 g/mol. The van der Waals surface area contributed by atoms with E-state index in [9.17, 15) is 0 Å². The summed E-state index contributed by atoms with van der Waals surface area (Å²) in [6, 6.07) is 58.7. The van der Waals surface area contributed by atoms with E-state index in [4.69, 9.17) is 22.6 Å². The molecule has 0 aliphatic carbocycles. The molecule has 3 nitrogen and oxygen atoms in total. The normalized spacial score (nSPS) is 12.1. The molecule has 3 aromatic heterocycles. The van der Waals surface area contributed by atoms with E-state index in [1.807, 2.05) is 6.20 Å². The molecule has 0 unspecified atom stereocenters. The van der Waals surface area contributed by atoms with Gasteiger partial charge in [0.15, 0.2) is 0 Å². The summed E-state index contributed by atoms with van der Waals surface area (Å²) in [5, 5.41) is 2.26. The molecule has 284 valence electrons. The lowest BCUT2D eigenvalue weighted by Gasteiger charge is -2.28. The summed E-state index contributed by atoms with van der Waals surface area (Å²) >= 11 is 5.21. The van der Waals surface area contributed by atoms with Gasteiger partial charge in [0.2, 0.25) is 0 Å². The SMILES string of the molecule is CC(C)(C)c1cc(-c2ccc3c4ccccc4n(-c4cc(-c5ccccc5)cc(-c5cc(-c6ccc(-c7ccccc7)cc6)ccn5)c4)c3n2)c(S)c(C(C)(C)C)c1. The second kappa shape index (κ2) is 14.6. The summed E-state index contributed by atoms with van der Waals surface area (Å²) < 4.78 is 2.33. The zero-order valence-corrected chi connectivity index (χ0v) is 34.8. The third kappa shape index (κ3) is 7.03. The first-order valence-electron chi connectivity index (χ1n) is 20.0. The third-order valence-corrected chi connectivity index (χ3v) is 11.7. The maximum absolute atomic E-state index is 5.55. The van der Waals surface area contributed by atoms with Gasteiger partial charge >= 0.3 is 0 Å². The number of benzene rings is 6. The molecular formula is C54H47N3S. The zero-order chi connectivity index (χ0) is 40.2. The van der Waals surface area contributed by atoms with Crippen LogP contribution < -0.4 is 0 Å². The van der Waals surface area contributed by atoms with Crippen LogP contribution in [0, 0.1) is 0 Å². The van der Waals surface area contributed by atoms with E-state index in [-0.39, 0.29) is 10.8 Å². The molecule has 3 heterocycles. The zero-order valence-electron chi connectivity index (χ0n) is 34.0. The van der Waals surface area contributed by atoms with Gasteiger partial charge in [0.25, 0.3) is 0 Å². The number of para-hydroxylation sites is 1. The van der Waals surface area contributed by atoms with Crippen molar-refractivity contribution in [2.24, 2.45) is 0 Å². The highest BCUT2D eigenvalue weighted by Crippen LogP contribution is 2.42. The van der Waals surface area contributed by atoms with Gasteiger partial charge in [-0.05, 0) is 110 Å². The van der Waals surface area contributed by atoms with Crippen LogP contribution in [0.3, 0.4) is 0 Å². The first-order valence-corrected chi connectivity index (χ1v) is 20.5. The van der Waals surface area contributed by atoms with Gasteiger partial charge < -0.3 is 0 Å². The predicted molar refractivity (Wildman–Crippen MR) is 248 cm³/mol. The number of hydrogen-bond acceptors (Lipinski definition) is 3. The Kier molecular flexibility index (Phi) is 9.41. The van der Waals surface area contributed by atoms with Crippen LogP contribution in [0.15, 0.2) is 175 Å². The minimum atomic E-state index is -0.0860. The van der Waals surface area contributed by atoms with Crippen LogP contribution in [-0.2, 0) is 10.8 Å². The summed E-state index contributed by atoms with van der Waals surface area (Å²) in [7, 11) is 0. The molecule has 0 aliphatic heterocycles. The molecule has 0 atom stereocenters. The Morgan fingerprint density at radius 2 is 1.07 bits per heavy atom. The van der Waals surface area contributed by atoms with Crippen molar-refractivity contribution in [3.05, 3.63) is 181 Å². The van der Waals surface area contributed by atoms with Crippen molar-refractivity contribution in [3.8, 4) is 61.6 Å². The van der Waals surface area contributed by atoms with E-state index in [1.54, 1.807) is 0 Å². The summed E-state index contributed by atoms with van der Waals surface area (Å²) in [5.41, 5.74) is 16.2. The van der Waals surface area contributed by atoms with Crippen molar-refractivity contribution in [2.75, 3.05) is 0 Å². The molecule has 0 aliphatic rings. The van der Waals surface area contributed by atoms with Crippen LogP contribution in [0.5, 0.6) is 0 Å². The number of nitrogens with zero attached hydrogens (tertiary/aromatic N) is 3. The highest BCUT2D eigenvalue weighted by atomic mass is 32.1. The Balaban J connectivity index is 1.23. The van der Waals surface area contributed by atoms with Crippen LogP contribution in [-0.4, -0.2) is 14.5 Å². The fourth-order valence-corrected chi connectivity index (χ4v) is 8.60. The number of hydrogen-bond donors (Lipinski definition) is 1. The summed E-state index contributed by atoms with van der Waals surface area (Å²) in [4.78, 5) is 11.5. The van der Waals surface area contributed by atoms with Gasteiger partial charge in [-0.15, -0.1) is 12.6 Å². The lowest BCUT2D eigenvalue weighted by Crippen LogP contribution is -2.17. The highest BCUT2D eigenvalue weighted by Gasteiger charge is 2.25. The molecular weight excluding hydrogens is 723 g/mol. The lowest BCUT2D eigenvalue weighted by molar-refractivity contribution is 0.560. The van der Waals surface area contributed by atoms with E-state index in [2.05, 4.69) is 210 Å². The van der Waals surface area contributed by atoms with Crippen molar-refractivity contribution in [1.82, 2.24) is 14.5 Å². The third-order valence-electron chi connectivity index (χ3n) is 11.2. The van der Waals surface area contributed by atoms with Crippen LogP contribution >= 0.6 is 12.6 Å². The quantitative estimate of drug-likeness (QED) is 0.171. The van der Waals surface area contributed by atoms with Gasteiger partial charge in [-0.1, -0.05) is 151 Å². The first-order chi connectivity index (χ1) is 27.9. The maximum Gasteiger partial charge on any atom is 0.146 e. The Hall–Kier alpha value is -6.23. The molecule has 9 aromatic rings. The van der Waals surface area contributed by atoms with Gasteiger partial charge in [-0.25, -0.2) is 4.98 Å². The smallest absolute Gasteiger partial charge is 0.146 e. The minimum Gasteiger partial charge on any atom is -0.294 e. The lowest BCUT2D eigenvalue weighted by atomic mass is 9.79. The molecule has 0 amide bonds. The fourth-order valence-electron chi connectivity index (χ4n) is 8.02. The summed E-state index contributed by atoms with van der Waals surface area (Å²) in [6.45, 7) is 13.6. The van der Waals surface area contributed by atoms with Crippen molar-refractivity contribution >= 4 is 34.6 Å². The molecule has 4 heteroatoms. The molecule has 0 N–H and O–H groups in total. The molecule has 0 saturated heterocycles. The predicted octanol–water partition coefficient (Wildman–Crippen LogP) is 14.8. The van der Waals surface area contributed by atoms with E-state index >= 15 is 0 Å². The number of pyridine rings is 2. The Morgan fingerprint density at radius 1 is 0.466 bits per heavy atom. The molecule has 6 aromatic carbocycles. The van der Waals surface area contributed by atoms with Crippen molar-refractivity contribution in [3.63, 3.8) is 0 Å². The molecule has 0 spiro atoms. The molecule has 0 fully saturated rings. The average molecular weight is 770 g/mol. The Bertz CT molecular complexity index is 2950. The minimum absolute atomic E-state index is 0.0412. The number of fused-ring (bicyclic) bond motifs is 3. The molecule has 58 heavy (non-hydrogen) atoms. The molecule has 0 bridgehead atoms. The van der Waals surface area contributed by atoms with Crippen LogP contribution in [0.4, 0.5) is 0 Å². The van der Waals surface area contributed by atoms with Gasteiger partial charge in [0.1, 0.15) is 5.65 Å². The number of rotatable bonds is 6. The molecule has 0 radical (unpaired) electrons. The summed E-state index contributed by atoms with van der Waals surface area (Å²) in [6.07, 6.45) is 1.92. The maximum atomic E-state index is 5.55. The van der Waals surface area contributed by atoms with Crippen molar-refractivity contribution < 1.29 is 0 Å². The van der Waals surface area contributed by atoms with Crippen LogP contribution in [0.25, 0.3) is 83.5 Å². The molecule has 9 rings (SSSR count). The average Bonchev–Trinajstić information content (AvgIpc) is 3.57. The first kappa shape index (κ1) is 37.4. The number of aromatic nitrogens is 3. The van der Waals surface area contributed by atoms with Crippen LogP contribution in [0.2, 0.25) is 0 Å². The second-order valence-corrected chi connectivity index (χ2v) is 17.8. The largest absolute Gasteiger partial charge is 0.294 e. The van der Waals surface area contributed by atoms with Crippen molar-refractivity contribution in [2.45, 2.75) is 57.3 Å². The van der Waals surface area contributed by atoms with Gasteiger partial charge in [0, 0.05) is 38.7 Å². The van der Waals surface area contributed by atoms with Crippen molar-refractivity contribution in [1.29, 1.82) is 0 Å². The van der Waals surface area contributed by atoms with E-state index in [0.29, 0.717) is 0 Å². The van der Waals surface area contributed by atoms with E-state index in [1.165, 1.54) is 22.3 Å².